The first-order chi connectivity index (χ1) is 5.99. The van der Waals surface area contributed by atoms with Crippen LogP contribution in [0.5, 0.6) is 0 Å². The van der Waals surface area contributed by atoms with Gasteiger partial charge in [0.2, 0.25) is 0 Å². The van der Waals surface area contributed by atoms with Crippen LogP contribution in [0.25, 0.3) is 0 Å². The molecule has 1 aromatic rings. The minimum Gasteiger partial charge on any atom is -0.323 e. The Labute approximate surface area is 80.2 Å². The molecule has 1 aromatic heterocycles. The quantitative estimate of drug-likeness (QED) is 0.755. The molecular formula is C11H18N2. The fourth-order valence-corrected chi connectivity index (χ4v) is 1.36. The Hall–Kier alpha value is -0.890. The molecule has 0 aromatic carbocycles. The van der Waals surface area contributed by atoms with E-state index in [4.69, 9.17) is 5.73 Å². The van der Waals surface area contributed by atoms with Crippen LogP contribution in [0.1, 0.15) is 38.9 Å². The van der Waals surface area contributed by atoms with Crippen molar-refractivity contribution < 1.29 is 0 Å². The third kappa shape index (κ3) is 3.55. The van der Waals surface area contributed by atoms with Crippen molar-refractivity contribution in [2.24, 2.45) is 11.1 Å². The number of nitrogens with zero attached hydrogens (tertiary/aromatic N) is 1. The first-order valence-corrected chi connectivity index (χ1v) is 4.65. The summed E-state index contributed by atoms with van der Waals surface area (Å²) < 4.78 is 0. The van der Waals surface area contributed by atoms with Crippen LogP contribution in [-0.2, 0) is 0 Å². The number of pyridine rings is 1. The standard InChI is InChI=1S/C11H18N2/c1-11(2,3)8-9(12)10-6-4-5-7-13-10/h4-7,9H,8,12H2,1-3H3. The maximum Gasteiger partial charge on any atom is 0.0571 e. The molecule has 13 heavy (non-hydrogen) atoms. The molecule has 1 heterocycles. The van der Waals surface area contributed by atoms with E-state index in [-0.39, 0.29) is 11.5 Å². The van der Waals surface area contributed by atoms with Gasteiger partial charge in [-0.3, -0.25) is 4.98 Å². The molecular weight excluding hydrogens is 160 g/mol. The molecule has 0 bridgehead atoms. The first-order valence-electron chi connectivity index (χ1n) is 4.65. The van der Waals surface area contributed by atoms with Crippen LogP contribution in [0, 0.1) is 5.41 Å². The van der Waals surface area contributed by atoms with Crippen LogP contribution in [0.2, 0.25) is 0 Å². The Kier molecular flexibility index (Phi) is 3.04. The van der Waals surface area contributed by atoms with Gasteiger partial charge in [0, 0.05) is 12.2 Å². The number of rotatable bonds is 2. The van der Waals surface area contributed by atoms with Crippen molar-refractivity contribution >= 4 is 0 Å². The predicted molar refractivity (Wildman–Crippen MR) is 55.2 cm³/mol. The van der Waals surface area contributed by atoms with Crippen molar-refractivity contribution in [1.29, 1.82) is 0 Å². The van der Waals surface area contributed by atoms with Crippen LogP contribution < -0.4 is 5.73 Å². The maximum absolute atomic E-state index is 6.02. The Morgan fingerprint density at radius 3 is 2.54 bits per heavy atom. The topological polar surface area (TPSA) is 38.9 Å². The molecule has 0 aliphatic heterocycles. The summed E-state index contributed by atoms with van der Waals surface area (Å²) in [5, 5.41) is 0. The minimum atomic E-state index is 0.0567. The normalized spacial score (nSPS) is 14.2. The molecule has 1 atom stereocenters. The van der Waals surface area contributed by atoms with Gasteiger partial charge >= 0.3 is 0 Å². The second-order valence-electron chi connectivity index (χ2n) is 4.63. The summed E-state index contributed by atoms with van der Waals surface area (Å²) >= 11 is 0. The highest BCUT2D eigenvalue weighted by Gasteiger charge is 2.17. The lowest BCUT2D eigenvalue weighted by atomic mass is 9.87. The zero-order valence-electron chi connectivity index (χ0n) is 8.62. The van der Waals surface area contributed by atoms with E-state index in [0.717, 1.165) is 12.1 Å². The summed E-state index contributed by atoms with van der Waals surface area (Å²) in [4.78, 5) is 4.24. The highest BCUT2D eigenvalue weighted by Crippen LogP contribution is 2.26. The molecule has 1 rings (SSSR count). The first kappa shape index (κ1) is 10.2. The van der Waals surface area contributed by atoms with E-state index in [1.807, 2.05) is 18.2 Å². The van der Waals surface area contributed by atoms with Crippen LogP contribution in [-0.4, -0.2) is 4.98 Å². The van der Waals surface area contributed by atoms with Crippen LogP contribution in [0.4, 0.5) is 0 Å². The summed E-state index contributed by atoms with van der Waals surface area (Å²) in [7, 11) is 0. The lowest BCUT2D eigenvalue weighted by Crippen LogP contribution is -2.19. The Balaban J connectivity index is 2.64. The van der Waals surface area contributed by atoms with Crippen LogP contribution in [0.15, 0.2) is 24.4 Å². The monoisotopic (exact) mass is 178 g/mol. The largest absolute Gasteiger partial charge is 0.323 e. The van der Waals surface area contributed by atoms with Gasteiger partial charge in [-0.05, 0) is 24.0 Å². The Morgan fingerprint density at radius 2 is 2.08 bits per heavy atom. The van der Waals surface area contributed by atoms with Crippen molar-refractivity contribution in [3.63, 3.8) is 0 Å². The molecule has 1 unspecified atom stereocenters. The van der Waals surface area contributed by atoms with Crippen molar-refractivity contribution in [2.45, 2.75) is 33.2 Å². The second kappa shape index (κ2) is 3.88. The van der Waals surface area contributed by atoms with E-state index in [9.17, 15) is 0 Å². The highest BCUT2D eigenvalue weighted by atomic mass is 14.8. The summed E-state index contributed by atoms with van der Waals surface area (Å²) in [5.74, 6) is 0. The summed E-state index contributed by atoms with van der Waals surface area (Å²) in [5.41, 5.74) is 7.26. The van der Waals surface area contributed by atoms with Crippen LogP contribution in [0.3, 0.4) is 0 Å². The smallest absolute Gasteiger partial charge is 0.0571 e. The number of hydrogen-bond donors (Lipinski definition) is 1. The Bertz CT molecular complexity index is 249. The van der Waals surface area contributed by atoms with Gasteiger partial charge in [-0.2, -0.15) is 0 Å². The lowest BCUT2D eigenvalue weighted by molar-refractivity contribution is 0.340. The SMILES string of the molecule is CC(C)(C)CC(N)c1ccccn1. The van der Waals surface area contributed by atoms with Gasteiger partial charge in [0.15, 0.2) is 0 Å². The number of hydrogen-bond acceptors (Lipinski definition) is 2. The fourth-order valence-electron chi connectivity index (χ4n) is 1.36. The van der Waals surface area contributed by atoms with E-state index in [1.165, 1.54) is 0 Å². The van der Waals surface area contributed by atoms with Gasteiger partial charge in [0.25, 0.3) is 0 Å². The Morgan fingerprint density at radius 1 is 1.38 bits per heavy atom. The lowest BCUT2D eigenvalue weighted by Gasteiger charge is -2.22. The molecule has 0 fully saturated rings. The van der Waals surface area contributed by atoms with Crippen molar-refractivity contribution in [2.75, 3.05) is 0 Å². The summed E-state index contributed by atoms with van der Waals surface area (Å²) in [6, 6.07) is 5.93. The van der Waals surface area contributed by atoms with Gasteiger partial charge in [0.1, 0.15) is 0 Å². The zero-order chi connectivity index (χ0) is 9.90. The van der Waals surface area contributed by atoms with E-state index < -0.39 is 0 Å². The minimum absolute atomic E-state index is 0.0567. The predicted octanol–water partition coefficient (Wildman–Crippen LogP) is 2.52. The second-order valence-corrected chi connectivity index (χ2v) is 4.63. The average Bonchev–Trinajstić information content (AvgIpc) is 2.03. The third-order valence-electron chi connectivity index (χ3n) is 1.90. The molecule has 0 aliphatic carbocycles. The van der Waals surface area contributed by atoms with Crippen molar-refractivity contribution in [1.82, 2.24) is 4.98 Å². The molecule has 72 valence electrons. The van der Waals surface area contributed by atoms with Gasteiger partial charge in [0.05, 0.1) is 5.69 Å². The van der Waals surface area contributed by atoms with Crippen molar-refractivity contribution in [3.05, 3.63) is 30.1 Å². The third-order valence-corrected chi connectivity index (χ3v) is 1.90. The van der Waals surface area contributed by atoms with E-state index >= 15 is 0 Å². The molecule has 0 radical (unpaired) electrons. The maximum atomic E-state index is 6.02. The molecule has 0 spiro atoms. The summed E-state index contributed by atoms with van der Waals surface area (Å²) in [6.45, 7) is 6.57. The zero-order valence-corrected chi connectivity index (χ0v) is 8.62. The molecule has 0 aliphatic rings. The molecule has 0 amide bonds. The molecule has 2 heteroatoms. The molecule has 2 nitrogen and oxygen atoms in total. The van der Waals surface area contributed by atoms with E-state index in [0.29, 0.717) is 0 Å². The molecule has 2 N–H and O–H groups in total. The number of nitrogens with two attached hydrogens (primary N) is 1. The average molecular weight is 178 g/mol. The number of aromatic nitrogens is 1. The van der Waals surface area contributed by atoms with Crippen molar-refractivity contribution in [3.8, 4) is 0 Å². The van der Waals surface area contributed by atoms with E-state index in [1.54, 1.807) is 6.20 Å². The summed E-state index contributed by atoms with van der Waals surface area (Å²) in [6.07, 6.45) is 2.75. The highest BCUT2D eigenvalue weighted by molar-refractivity contribution is 5.08. The van der Waals surface area contributed by atoms with Crippen LogP contribution >= 0.6 is 0 Å². The molecule has 0 saturated carbocycles. The van der Waals surface area contributed by atoms with Gasteiger partial charge in [-0.15, -0.1) is 0 Å². The van der Waals surface area contributed by atoms with Gasteiger partial charge < -0.3 is 5.73 Å². The van der Waals surface area contributed by atoms with Gasteiger partial charge in [-0.25, -0.2) is 0 Å². The fraction of sp³-hybridized carbons (Fsp3) is 0.545. The van der Waals surface area contributed by atoms with E-state index in [2.05, 4.69) is 25.8 Å². The van der Waals surface area contributed by atoms with Gasteiger partial charge in [-0.1, -0.05) is 26.8 Å². The molecule has 0 saturated heterocycles.